The number of carbonyl (C=O) groups excluding carboxylic acids is 1. The zero-order valence-corrected chi connectivity index (χ0v) is 9.75. The highest BCUT2D eigenvalue weighted by Crippen LogP contribution is 2.24. The fourth-order valence-electron chi connectivity index (χ4n) is 2.41. The maximum atomic E-state index is 11.6. The monoisotopic (exact) mass is 234 g/mol. The molecule has 0 saturated carbocycles. The molecule has 0 aromatic heterocycles. The molecule has 3 N–H and O–H groups in total. The van der Waals surface area contributed by atoms with Crippen LogP contribution in [0.3, 0.4) is 0 Å². The SMILES string of the molecule is NC(=O)[C@H](c1ccccc1)N1CCC[C@@H](O)C1. The van der Waals surface area contributed by atoms with Crippen molar-refractivity contribution in [1.29, 1.82) is 0 Å². The molecule has 0 spiro atoms. The second-order valence-corrected chi connectivity index (χ2v) is 4.51. The van der Waals surface area contributed by atoms with E-state index in [9.17, 15) is 9.90 Å². The number of aliphatic hydroxyl groups is 1. The Balaban J connectivity index is 2.20. The highest BCUT2D eigenvalue weighted by molar-refractivity contribution is 5.81. The predicted octanol–water partition coefficient (Wildman–Crippen LogP) is 0.670. The molecule has 1 aliphatic rings. The maximum absolute atomic E-state index is 11.6. The minimum Gasteiger partial charge on any atom is -0.392 e. The number of primary amides is 1. The van der Waals surface area contributed by atoms with Crippen LogP contribution in [-0.4, -0.2) is 35.1 Å². The van der Waals surface area contributed by atoms with Gasteiger partial charge in [-0.2, -0.15) is 0 Å². The van der Waals surface area contributed by atoms with E-state index in [0.29, 0.717) is 6.54 Å². The molecule has 2 rings (SSSR count). The third kappa shape index (κ3) is 2.84. The fourth-order valence-corrected chi connectivity index (χ4v) is 2.41. The van der Waals surface area contributed by atoms with Gasteiger partial charge in [-0.05, 0) is 24.9 Å². The second kappa shape index (κ2) is 5.29. The molecule has 1 aliphatic heterocycles. The molecule has 1 heterocycles. The van der Waals surface area contributed by atoms with Crippen LogP contribution in [0.1, 0.15) is 24.4 Å². The molecular formula is C13H18N2O2. The van der Waals surface area contributed by atoms with Crippen LogP contribution in [0.25, 0.3) is 0 Å². The number of likely N-dealkylation sites (tertiary alicyclic amines) is 1. The lowest BCUT2D eigenvalue weighted by atomic mass is 10.0. The van der Waals surface area contributed by atoms with Crippen LogP contribution in [-0.2, 0) is 4.79 Å². The number of hydrogen-bond donors (Lipinski definition) is 2. The highest BCUT2D eigenvalue weighted by Gasteiger charge is 2.29. The van der Waals surface area contributed by atoms with Crippen molar-refractivity contribution in [3.05, 3.63) is 35.9 Å². The predicted molar refractivity (Wildman–Crippen MR) is 65.2 cm³/mol. The van der Waals surface area contributed by atoms with E-state index in [1.54, 1.807) is 0 Å². The standard InChI is InChI=1S/C13H18N2O2/c14-13(17)12(10-5-2-1-3-6-10)15-8-4-7-11(16)9-15/h1-3,5-6,11-12,16H,4,7-9H2,(H2,14,17)/t11-,12+/m1/s1. The van der Waals surface area contributed by atoms with Crippen molar-refractivity contribution in [1.82, 2.24) is 4.90 Å². The van der Waals surface area contributed by atoms with E-state index in [4.69, 9.17) is 5.73 Å². The summed E-state index contributed by atoms with van der Waals surface area (Å²) < 4.78 is 0. The van der Waals surface area contributed by atoms with Crippen LogP contribution < -0.4 is 5.73 Å². The van der Waals surface area contributed by atoms with Crippen LogP contribution in [0, 0.1) is 0 Å². The normalized spacial score (nSPS) is 23.2. The van der Waals surface area contributed by atoms with Gasteiger partial charge in [0.15, 0.2) is 0 Å². The number of amides is 1. The average Bonchev–Trinajstić information content (AvgIpc) is 2.30. The Labute approximate surface area is 101 Å². The molecule has 1 aromatic rings. The molecule has 0 aliphatic carbocycles. The summed E-state index contributed by atoms with van der Waals surface area (Å²) in [5.74, 6) is -0.356. The lowest BCUT2D eigenvalue weighted by Crippen LogP contribution is -2.45. The van der Waals surface area contributed by atoms with Crippen molar-refractivity contribution in [2.45, 2.75) is 25.0 Å². The summed E-state index contributed by atoms with van der Waals surface area (Å²) >= 11 is 0. The molecule has 4 nitrogen and oxygen atoms in total. The Kier molecular flexibility index (Phi) is 3.76. The Bertz CT molecular complexity index is 380. The van der Waals surface area contributed by atoms with Crippen LogP contribution in [0.15, 0.2) is 30.3 Å². The minimum atomic E-state index is -0.425. The van der Waals surface area contributed by atoms with Crippen molar-refractivity contribution in [3.8, 4) is 0 Å². The average molecular weight is 234 g/mol. The summed E-state index contributed by atoms with van der Waals surface area (Å²) in [6.07, 6.45) is 1.35. The zero-order valence-electron chi connectivity index (χ0n) is 9.75. The molecule has 92 valence electrons. The number of piperidine rings is 1. The number of benzene rings is 1. The molecule has 4 heteroatoms. The zero-order chi connectivity index (χ0) is 12.3. The smallest absolute Gasteiger partial charge is 0.239 e. The number of nitrogens with two attached hydrogens (primary N) is 1. The quantitative estimate of drug-likeness (QED) is 0.807. The second-order valence-electron chi connectivity index (χ2n) is 4.51. The largest absolute Gasteiger partial charge is 0.392 e. The first-order valence-corrected chi connectivity index (χ1v) is 5.95. The molecule has 1 amide bonds. The molecule has 0 unspecified atom stereocenters. The summed E-state index contributed by atoms with van der Waals surface area (Å²) in [5.41, 5.74) is 6.38. The Hall–Kier alpha value is -1.39. The van der Waals surface area contributed by atoms with Crippen molar-refractivity contribution >= 4 is 5.91 Å². The van der Waals surface area contributed by atoms with Gasteiger partial charge in [-0.1, -0.05) is 30.3 Å². The van der Waals surface area contributed by atoms with Gasteiger partial charge >= 0.3 is 0 Å². The fraction of sp³-hybridized carbons (Fsp3) is 0.462. The summed E-state index contributed by atoms with van der Waals surface area (Å²) in [5, 5.41) is 9.66. The van der Waals surface area contributed by atoms with Crippen molar-refractivity contribution in [2.24, 2.45) is 5.73 Å². The van der Waals surface area contributed by atoms with E-state index in [2.05, 4.69) is 0 Å². The van der Waals surface area contributed by atoms with Gasteiger partial charge in [-0.15, -0.1) is 0 Å². The molecule has 0 radical (unpaired) electrons. The summed E-state index contributed by atoms with van der Waals surface area (Å²) in [7, 11) is 0. The van der Waals surface area contributed by atoms with Gasteiger partial charge in [0.2, 0.25) is 5.91 Å². The third-order valence-electron chi connectivity index (χ3n) is 3.18. The van der Waals surface area contributed by atoms with Crippen molar-refractivity contribution in [2.75, 3.05) is 13.1 Å². The Morgan fingerprint density at radius 2 is 2.12 bits per heavy atom. The lowest BCUT2D eigenvalue weighted by Gasteiger charge is -2.35. The Morgan fingerprint density at radius 1 is 1.41 bits per heavy atom. The van der Waals surface area contributed by atoms with Crippen LogP contribution in [0.4, 0.5) is 0 Å². The van der Waals surface area contributed by atoms with E-state index in [1.165, 1.54) is 0 Å². The van der Waals surface area contributed by atoms with Gasteiger partial charge in [-0.25, -0.2) is 0 Å². The van der Waals surface area contributed by atoms with E-state index >= 15 is 0 Å². The third-order valence-corrected chi connectivity index (χ3v) is 3.18. The number of nitrogens with zero attached hydrogens (tertiary/aromatic N) is 1. The van der Waals surface area contributed by atoms with Gasteiger partial charge in [0.1, 0.15) is 6.04 Å². The number of aliphatic hydroxyl groups excluding tert-OH is 1. The maximum Gasteiger partial charge on any atom is 0.239 e. The van der Waals surface area contributed by atoms with E-state index in [1.807, 2.05) is 35.2 Å². The molecule has 1 aromatic carbocycles. The first-order valence-electron chi connectivity index (χ1n) is 5.95. The Morgan fingerprint density at radius 3 is 2.71 bits per heavy atom. The molecule has 1 saturated heterocycles. The summed E-state index contributed by atoms with van der Waals surface area (Å²) in [6, 6.07) is 9.07. The van der Waals surface area contributed by atoms with Crippen LogP contribution in [0.2, 0.25) is 0 Å². The molecule has 2 atom stereocenters. The summed E-state index contributed by atoms with van der Waals surface area (Å²) in [4.78, 5) is 13.6. The van der Waals surface area contributed by atoms with E-state index in [0.717, 1.165) is 24.9 Å². The van der Waals surface area contributed by atoms with E-state index < -0.39 is 6.04 Å². The van der Waals surface area contributed by atoms with Crippen molar-refractivity contribution in [3.63, 3.8) is 0 Å². The van der Waals surface area contributed by atoms with Gasteiger partial charge in [-0.3, -0.25) is 9.69 Å². The first kappa shape index (κ1) is 12.1. The molecule has 1 fully saturated rings. The van der Waals surface area contributed by atoms with Crippen molar-refractivity contribution < 1.29 is 9.90 Å². The molecule has 17 heavy (non-hydrogen) atoms. The number of β-amino-alcohol motifs (C(OH)–C–C–N with tert-alkyl or cyclic N) is 1. The first-order chi connectivity index (χ1) is 8.18. The number of hydrogen-bond acceptors (Lipinski definition) is 3. The van der Waals surface area contributed by atoms with Gasteiger partial charge in [0.05, 0.1) is 6.10 Å². The van der Waals surface area contributed by atoms with E-state index in [-0.39, 0.29) is 12.0 Å². The highest BCUT2D eigenvalue weighted by atomic mass is 16.3. The summed E-state index contributed by atoms with van der Waals surface area (Å²) in [6.45, 7) is 1.32. The molecule has 0 bridgehead atoms. The van der Waals surface area contributed by atoms with Gasteiger partial charge in [0, 0.05) is 6.54 Å². The minimum absolute atomic E-state index is 0.352. The van der Waals surface area contributed by atoms with Crippen LogP contribution >= 0.6 is 0 Å². The lowest BCUT2D eigenvalue weighted by molar-refractivity contribution is -0.124. The molecular weight excluding hydrogens is 216 g/mol. The number of rotatable bonds is 3. The number of carbonyl (C=O) groups is 1. The van der Waals surface area contributed by atoms with Crippen LogP contribution in [0.5, 0.6) is 0 Å². The van der Waals surface area contributed by atoms with Gasteiger partial charge in [0.25, 0.3) is 0 Å². The van der Waals surface area contributed by atoms with Gasteiger partial charge < -0.3 is 10.8 Å². The topological polar surface area (TPSA) is 66.6 Å².